The maximum absolute atomic E-state index is 11.8. The van der Waals surface area contributed by atoms with Gasteiger partial charge >= 0.3 is 0 Å². The number of amides is 2. The molecule has 2 amide bonds. The average molecular weight is 292 g/mol. The number of hydrogen-bond donors (Lipinski definition) is 3. The normalized spacial score (nSPS) is 22.2. The summed E-state index contributed by atoms with van der Waals surface area (Å²) in [5, 5.41) is 5.61. The van der Waals surface area contributed by atoms with Gasteiger partial charge in [0.2, 0.25) is 11.8 Å². The minimum absolute atomic E-state index is 0. The zero-order chi connectivity index (χ0) is 13.4. The highest BCUT2D eigenvalue weighted by Gasteiger charge is 2.24. The molecule has 4 N–H and O–H groups in total. The molecule has 1 fully saturated rings. The minimum Gasteiger partial charge on any atom is -0.356 e. The van der Waals surface area contributed by atoms with E-state index in [1.54, 1.807) is 0 Å². The van der Waals surface area contributed by atoms with Gasteiger partial charge in [-0.05, 0) is 25.7 Å². The Morgan fingerprint density at radius 2 is 1.95 bits per heavy atom. The van der Waals surface area contributed by atoms with E-state index >= 15 is 0 Å². The van der Waals surface area contributed by atoms with Gasteiger partial charge < -0.3 is 16.4 Å². The van der Waals surface area contributed by atoms with Crippen LogP contribution in [0, 0.1) is 5.92 Å². The zero-order valence-corrected chi connectivity index (χ0v) is 12.4. The lowest BCUT2D eigenvalue weighted by Crippen LogP contribution is -2.39. The summed E-state index contributed by atoms with van der Waals surface area (Å²) in [6.45, 7) is 3.12. The summed E-state index contributed by atoms with van der Waals surface area (Å²) in [4.78, 5) is 23.2. The number of hydrogen-bond acceptors (Lipinski definition) is 3. The molecular formula is C13H26ClN3O2. The lowest BCUT2D eigenvalue weighted by molar-refractivity contribution is -0.126. The summed E-state index contributed by atoms with van der Waals surface area (Å²) in [5.74, 6) is 0.0818. The molecule has 5 nitrogen and oxygen atoms in total. The van der Waals surface area contributed by atoms with E-state index in [2.05, 4.69) is 10.6 Å². The van der Waals surface area contributed by atoms with Crippen molar-refractivity contribution in [1.29, 1.82) is 0 Å². The first kappa shape index (κ1) is 18.2. The predicted octanol–water partition coefficient (Wildman–Crippen LogP) is 0.958. The molecule has 0 aromatic rings. The monoisotopic (exact) mass is 291 g/mol. The van der Waals surface area contributed by atoms with E-state index in [0.717, 1.165) is 32.1 Å². The number of nitrogens with one attached hydrogen (secondary N) is 2. The molecule has 0 radical (unpaired) electrons. The third-order valence-corrected chi connectivity index (χ3v) is 3.31. The van der Waals surface area contributed by atoms with E-state index in [9.17, 15) is 9.59 Å². The van der Waals surface area contributed by atoms with Crippen molar-refractivity contribution >= 4 is 24.2 Å². The fraction of sp³-hybridized carbons (Fsp3) is 0.846. The second-order valence-corrected chi connectivity index (χ2v) is 5.01. The summed E-state index contributed by atoms with van der Waals surface area (Å²) in [6, 6.07) is 0.155. The van der Waals surface area contributed by atoms with Gasteiger partial charge in [0.1, 0.15) is 0 Å². The Morgan fingerprint density at radius 3 is 2.58 bits per heavy atom. The van der Waals surface area contributed by atoms with Crippen LogP contribution in [0.15, 0.2) is 0 Å². The molecule has 2 unspecified atom stereocenters. The van der Waals surface area contributed by atoms with Crippen LogP contribution < -0.4 is 16.4 Å². The summed E-state index contributed by atoms with van der Waals surface area (Å²) in [6.07, 6.45) is 5.01. The highest BCUT2D eigenvalue weighted by Crippen LogP contribution is 2.22. The molecule has 6 heteroatoms. The number of halogens is 1. The van der Waals surface area contributed by atoms with Crippen LogP contribution in [0.1, 0.15) is 45.4 Å². The van der Waals surface area contributed by atoms with Gasteiger partial charge in [0.05, 0.1) is 0 Å². The van der Waals surface area contributed by atoms with E-state index < -0.39 is 0 Å². The third-order valence-electron chi connectivity index (χ3n) is 3.31. The first-order chi connectivity index (χ1) is 8.63. The number of carbonyl (C=O) groups excluding carboxylic acids is 2. The highest BCUT2D eigenvalue weighted by atomic mass is 35.5. The van der Waals surface area contributed by atoms with Crippen molar-refractivity contribution in [2.75, 3.05) is 13.1 Å². The zero-order valence-electron chi connectivity index (χ0n) is 11.6. The molecule has 0 aromatic carbocycles. The van der Waals surface area contributed by atoms with Crippen LogP contribution in [-0.4, -0.2) is 30.9 Å². The Morgan fingerprint density at radius 1 is 1.21 bits per heavy atom. The van der Waals surface area contributed by atoms with Crippen LogP contribution >= 0.6 is 12.4 Å². The second-order valence-electron chi connectivity index (χ2n) is 5.01. The smallest absolute Gasteiger partial charge is 0.223 e. The van der Waals surface area contributed by atoms with E-state index in [0.29, 0.717) is 19.5 Å². The molecule has 1 aliphatic rings. The van der Waals surface area contributed by atoms with Gasteiger partial charge in [0.25, 0.3) is 0 Å². The molecule has 1 aliphatic carbocycles. The van der Waals surface area contributed by atoms with E-state index in [1.165, 1.54) is 0 Å². The lowest BCUT2D eigenvalue weighted by atomic mass is 9.85. The summed E-state index contributed by atoms with van der Waals surface area (Å²) < 4.78 is 0. The Hall–Kier alpha value is -0.810. The molecule has 0 bridgehead atoms. The Kier molecular flexibility index (Phi) is 9.61. The topological polar surface area (TPSA) is 84.2 Å². The van der Waals surface area contributed by atoms with Crippen molar-refractivity contribution in [3.8, 4) is 0 Å². The molecule has 0 heterocycles. The summed E-state index contributed by atoms with van der Waals surface area (Å²) in [7, 11) is 0. The molecule has 1 rings (SSSR count). The molecular weight excluding hydrogens is 266 g/mol. The highest BCUT2D eigenvalue weighted by molar-refractivity contribution is 5.85. The molecule has 112 valence electrons. The maximum Gasteiger partial charge on any atom is 0.223 e. The lowest BCUT2D eigenvalue weighted by Gasteiger charge is -2.25. The second kappa shape index (κ2) is 10.0. The van der Waals surface area contributed by atoms with Gasteiger partial charge in [-0.25, -0.2) is 0 Å². The molecule has 0 aliphatic heterocycles. The van der Waals surface area contributed by atoms with Crippen LogP contribution in [0.3, 0.4) is 0 Å². The number of rotatable bonds is 6. The average Bonchev–Trinajstić information content (AvgIpc) is 2.36. The van der Waals surface area contributed by atoms with Crippen molar-refractivity contribution in [3.63, 3.8) is 0 Å². The maximum atomic E-state index is 11.8. The van der Waals surface area contributed by atoms with Crippen molar-refractivity contribution in [1.82, 2.24) is 10.6 Å². The van der Waals surface area contributed by atoms with Gasteiger partial charge in [-0.15, -0.1) is 12.4 Å². The Labute approximate surface area is 121 Å². The fourth-order valence-corrected chi connectivity index (χ4v) is 2.26. The Bertz CT molecular complexity index is 287. The van der Waals surface area contributed by atoms with Crippen molar-refractivity contribution in [3.05, 3.63) is 0 Å². The van der Waals surface area contributed by atoms with Gasteiger partial charge in [0.15, 0.2) is 0 Å². The van der Waals surface area contributed by atoms with Crippen LogP contribution in [0.25, 0.3) is 0 Å². The standard InChI is InChI=1S/C13H25N3O2.ClH/c1-2-7-15-12(17)6-8-16-13(18)10-4-3-5-11(14)9-10;/h10-11H,2-9,14H2,1H3,(H,15,17)(H,16,18);1H. The van der Waals surface area contributed by atoms with Crippen molar-refractivity contribution < 1.29 is 9.59 Å². The first-order valence-corrected chi connectivity index (χ1v) is 6.93. The van der Waals surface area contributed by atoms with E-state index in [1.807, 2.05) is 6.92 Å². The largest absolute Gasteiger partial charge is 0.356 e. The number of nitrogens with two attached hydrogens (primary N) is 1. The van der Waals surface area contributed by atoms with E-state index in [4.69, 9.17) is 5.73 Å². The molecule has 1 saturated carbocycles. The van der Waals surface area contributed by atoms with E-state index in [-0.39, 0.29) is 36.2 Å². The third kappa shape index (κ3) is 7.38. The Balaban J connectivity index is 0.00000324. The molecule has 0 aromatic heterocycles. The SMILES string of the molecule is CCCNC(=O)CCNC(=O)C1CCCC(N)C1.Cl. The predicted molar refractivity (Wildman–Crippen MR) is 78.1 cm³/mol. The fourth-order valence-electron chi connectivity index (χ4n) is 2.26. The molecule has 0 saturated heterocycles. The van der Waals surface area contributed by atoms with Gasteiger partial charge in [0, 0.05) is 31.5 Å². The summed E-state index contributed by atoms with van der Waals surface area (Å²) in [5.41, 5.74) is 5.85. The van der Waals surface area contributed by atoms with Gasteiger partial charge in [-0.2, -0.15) is 0 Å². The number of carbonyl (C=O) groups is 2. The van der Waals surface area contributed by atoms with Crippen molar-refractivity contribution in [2.45, 2.75) is 51.5 Å². The van der Waals surface area contributed by atoms with Crippen LogP contribution in [-0.2, 0) is 9.59 Å². The van der Waals surface area contributed by atoms with Gasteiger partial charge in [-0.3, -0.25) is 9.59 Å². The van der Waals surface area contributed by atoms with Crippen LogP contribution in [0.5, 0.6) is 0 Å². The quantitative estimate of drug-likeness (QED) is 0.681. The van der Waals surface area contributed by atoms with Crippen LogP contribution in [0.4, 0.5) is 0 Å². The van der Waals surface area contributed by atoms with Crippen LogP contribution in [0.2, 0.25) is 0 Å². The molecule has 0 spiro atoms. The van der Waals surface area contributed by atoms with Gasteiger partial charge in [-0.1, -0.05) is 13.3 Å². The summed E-state index contributed by atoms with van der Waals surface area (Å²) >= 11 is 0. The van der Waals surface area contributed by atoms with Crippen molar-refractivity contribution in [2.24, 2.45) is 11.7 Å². The first-order valence-electron chi connectivity index (χ1n) is 6.93. The molecule has 2 atom stereocenters. The minimum atomic E-state index is -0.00232. The molecule has 19 heavy (non-hydrogen) atoms.